The van der Waals surface area contributed by atoms with Crippen molar-refractivity contribution < 1.29 is 62.8 Å². The fourth-order valence-corrected chi connectivity index (χ4v) is 6.14. The SMILES string of the molecule is CCCCCCCCCCCC(O)CC(=O)OC(C(C=O)NC(=O)C(F)C(O)CCCCCCCCCCC)C(OP(=O)(O)O)C(O)CO. The maximum atomic E-state index is 14.9. The molecular weight excluding hydrogens is 664 g/mol. The van der Waals surface area contributed by atoms with E-state index in [1.807, 2.05) is 5.32 Å². The summed E-state index contributed by atoms with van der Waals surface area (Å²) in [5.74, 6) is -2.64. The summed E-state index contributed by atoms with van der Waals surface area (Å²) in [5.41, 5.74) is 0. The molecule has 13 nitrogen and oxygen atoms in total. The third-order valence-electron chi connectivity index (χ3n) is 8.46. The lowest BCUT2D eigenvalue weighted by Gasteiger charge is -2.33. The predicted molar refractivity (Wildman–Crippen MR) is 183 cm³/mol. The topological polar surface area (TPSA) is 220 Å². The normalized spacial score (nSPS) is 16.3. The van der Waals surface area contributed by atoms with Gasteiger partial charge in [-0.15, -0.1) is 0 Å². The minimum absolute atomic E-state index is 0.0196. The molecule has 0 aliphatic heterocycles. The van der Waals surface area contributed by atoms with Gasteiger partial charge in [0.15, 0.2) is 6.10 Å². The van der Waals surface area contributed by atoms with E-state index in [0.717, 1.165) is 64.2 Å². The molecule has 0 aromatic heterocycles. The van der Waals surface area contributed by atoms with Crippen LogP contribution in [-0.4, -0.2) is 97.7 Å². The molecular formula is C34H65FNO12P. The summed E-state index contributed by atoms with van der Waals surface area (Å²) < 4.78 is 36.3. The van der Waals surface area contributed by atoms with Gasteiger partial charge in [-0.1, -0.05) is 129 Å². The highest BCUT2D eigenvalue weighted by atomic mass is 31.2. The lowest BCUT2D eigenvalue weighted by Crippen LogP contribution is -2.57. The fourth-order valence-electron chi connectivity index (χ4n) is 5.56. The quantitative estimate of drug-likeness (QED) is 0.0212. The Labute approximate surface area is 292 Å². The molecule has 0 heterocycles. The van der Waals surface area contributed by atoms with Crippen LogP contribution in [0.5, 0.6) is 0 Å². The Morgan fingerprint density at radius 1 is 0.735 bits per heavy atom. The van der Waals surface area contributed by atoms with E-state index in [2.05, 4.69) is 18.4 Å². The van der Waals surface area contributed by atoms with E-state index in [1.165, 1.54) is 38.5 Å². The van der Waals surface area contributed by atoms with Crippen molar-refractivity contribution >= 4 is 26.0 Å². The number of nitrogens with one attached hydrogen (secondary N) is 1. The van der Waals surface area contributed by atoms with Crippen molar-refractivity contribution in [3.05, 3.63) is 0 Å². The number of aliphatic hydroxyl groups excluding tert-OH is 4. The Kier molecular flexibility index (Phi) is 28.2. The highest BCUT2D eigenvalue weighted by Gasteiger charge is 2.43. The molecule has 0 fully saturated rings. The molecule has 0 aliphatic rings. The molecule has 7 atom stereocenters. The Hall–Kier alpha value is -1.51. The third-order valence-corrected chi connectivity index (χ3v) is 8.98. The number of rotatable bonds is 33. The molecule has 0 bridgehead atoms. The smallest absolute Gasteiger partial charge is 0.457 e. The van der Waals surface area contributed by atoms with Crippen molar-refractivity contribution in [2.75, 3.05) is 6.61 Å². The molecule has 0 rings (SSSR count). The van der Waals surface area contributed by atoms with Gasteiger partial charge in [-0.2, -0.15) is 0 Å². The first-order valence-electron chi connectivity index (χ1n) is 18.3. The van der Waals surface area contributed by atoms with Gasteiger partial charge < -0.3 is 45.1 Å². The molecule has 7 N–H and O–H groups in total. The maximum absolute atomic E-state index is 14.9. The van der Waals surface area contributed by atoms with E-state index in [0.29, 0.717) is 12.8 Å². The van der Waals surface area contributed by atoms with E-state index < -0.39 is 75.5 Å². The van der Waals surface area contributed by atoms with Crippen LogP contribution >= 0.6 is 7.82 Å². The lowest BCUT2D eigenvalue weighted by molar-refractivity contribution is -0.167. The minimum Gasteiger partial charge on any atom is -0.457 e. The van der Waals surface area contributed by atoms with Crippen molar-refractivity contribution in [3.8, 4) is 0 Å². The van der Waals surface area contributed by atoms with E-state index in [-0.39, 0.29) is 19.1 Å². The first-order chi connectivity index (χ1) is 23.3. The first kappa shape index (κ1) is 47.5. The zero-order valence-electron chi connectivity index (χ0n) is 29.6. The number of carbonyl (C=O) groups excluding carboxylic acids is 3. The number of hydrogen-bond donors (Lipinski definition) is 7. The molecule has 0 saturated carbocycles. The third kappa shape index (κ3) is 24.3. The van der Waals surface area contributed by atoms with Gasteiger partial charge in [0.1, 0.15) is 24.5 Å². The standard InChI is InChI=1S/C34H65FNO12P/c1-3-5-7-9-11-13-15-17-19-21-26(39)23-30(42)47-32(33(29(41)25-38)48-49(44,45)46)27(24-37)36-34(43)31(35)28(40)22-20-18-16-14-12-10-8-6-4-2/h24,26-29,31-33,38-41H,3-23,25H2,1-2H3,(H,36,43)(H2,44,45,46). The Balaban J connectivity index is 5.29. The highest BCUT2D eigenvalue weighted by Crippen LogP contribution is 2.40. The van der Waals surface area contributed by atoms with E-state index in [4.69, 9.17) is 4.74 Å². The second-order valence-corrected chi connectivity index (χ2v) is 14.2. The second-order valence-electron chi connectivity index (χ2n) is 13.0. The molecule has 0 aliphatic carbocycles. The van der Waals surface area contributed by atoms with Crippen LogP contribution in [0.15, 0.2) is 0 Å². The van der Waals surface area contributed by atoms with Crippen LogP contribution in [0.3, 0.4) is 0 Å². The van der Waals surface area contributed by atoms with Gasteiger partial charge >= 0.3 is 13.8 Å². The Bertz CT molecular complexity index is 910. The predicted octanol–water partition coefficient (Wildman–Crippen LogP) is 4.70. The molecule has 15 heteroatoms. The number of carbonyl (C=O) groups is 3. The van der Waals surface area contributed by atoms with Gasteiger partial charge in [0.25, 0.3) is 5.91 Å². The fraction of sp³-hybridized carbons (Fsp3) is 0.912. The van der Waals surface area contributed by atoms with E-state index in [1.54, 1.807) is 0 Å². The van der Waals surface area contributed by atoms with Crippen molar-refractivity contribution in [1.29, 1.82) is 0 Å². The molecule has 1 amide bonds. The molecule has 0 radical (unpaired) electrons. The van der Waals surface area contributed by atoms with Crippen molar-refractivity contribution in [2.45, 2.75) is 191 Å². The second kappa shape index (κ2) is 29.1. The average Bonchev–Trinajstić information content (AvgIpc) is 3.05. The summed E-state index contributed by atoms with van der Waals surface area (Å²) in [6, 6.07) is -2.03. The molecule has 49 heavy (non-hydrogen) atoms. The van der Waals surface area contributed by atoms with Crippen LogP contribution in [0.1, 0.15) is 149 Å². The molecule has 7 unspecified atom stereocenters. The van der Waals surface area contributed by atoms with Crippen molar-refractivity contribution in [3.63, 3.8) is 0 Å². The number of phosphoric ester groups is 1. The molecule has 290 valence electrons. The number of hydrogen-bond acceptors (Lipinski definition) is 10. The summed E-state index contributed by atoms with van der Waals surface area (Å²) in [6.45, 7) is 3.13. The van der Waals surface area contributed by atoms with Gasteiger partial charge in [0.2, 0.25) is 6.17 Å². The number of unbranched alkanes of at least 4 members (excludes halogenated alkanes) is 16. The Morgan fingerprint density at radius 3 is 1.61 bits per heavy atom. The van der Waals surface area contributed by atoms with Crippen LogP contribution in [0, 0.1) is 0 Å². The molecule has 0 saturated heterocycles. The number of phosphoric acid groups is 1. The zero-order valence-corrected chi connectivity index (χ0v) is 30.5. The molecule has 0 spiro atoms. The van der Waals surface area contributed by atoms with Crippen LogP contribution in [0.4, 0.5) is 4.39 Å². The number of esters is 1. The number of alkyl halides is 1. The molecule has 0 aromatic carbocycles. The van der Waals surface area contributed by atoms with Crippen LogP contribution in [-0.2, 0) is 28.2 Å². The largest absolute Gasteiger partial charge is 0.470 e. The van der Waals surface area contributed by atoms with Gasteiger partial charge in [-0.25, -0.2) is 8.96 Å². The van der Waals surface area contributed by atoms with Gasteiger partial charge in [-0.05, 0) is 12.8 Å². The van der Waals surface area contributed by atoms with Gasteiger partial charge in [0.05, 0.1) is 25.2 Å². The molecule has 0 aromatic rings. The number of aldehydes is 1. The number of halogens is 1. The highest BCUT2D eigenvalue weighted by molar-refractivity contribution is 7.46. The van der Waals surface area contributed by atoms with Crippen LogP contribution < -0.4 is 5.32 Å². The summed E-state index contributed by atoms with van der Waals surface area (Å²) in [6.07, 6.45) is 5.85. The first-order valence-corrected chi connectivity index (χ1v) is 19.8. The summed E-state index contributed by atoms with van der Waals surface area (Å²) >= 11 is 0. The van der Waals surface area contributed by atoms with Crippen molar-refractivity contribution in [2.24, 2.45) is 0 Å². The zero-order chi connectivity index (χ0) is 37.1. The van der Waals surface area contributed by atoms with Crippen molar-refractivity contribution in [1.82, 2.24) is 5.32 Å². The summed E-state index contributed by atoms with van der Waals surface area (Å²) in [5, 5.41) is 42.4. The van der Waals surface area contributed by atoms with E-state index >= 15 is 0 Å². The van der Waals surface area contributed by atoms with Crippen LogP contribution in [0.2, 0.25) is 0 Å². The monoisotopic (exact) mass is 729 g/mol. The number of ether oxygens (including phenoxy) is 1. The van der Waals surface area contributed by atoms with Crippen LogP contribution in [0.25, 0.3) is 0 Å². The summed E-state index contributed by atoms with van der Waals surface area (Å²) in [4.78, 5) is 56.4. The van der Waals surface area contributed by atoms with Gasteiger partial charge in [0, 0.05) is 0 Å². The lowest BCUT2D eigenvalue weighted by atomic mass is 10.00. The maximum Gasteiger partial charge on any atom is 0.470 e. The van der Waals surface area contributed by atoms with Gasteiger partial charge in [-0.3, -0.25) is 14.1 Å². The number of amides is 1. The average molecular weight is 730 g/mol. The summed E-state index contributed by atoms with van der Waals surface area (Å²) in [7, 11) is -5.45. The van der Waals surface area contributed by atoms with E-state index in [9.17, 15) is 53.6 Å². The Morgan fingerprint density at radius 2 is 1.18 bits per heavy atom. The minimum atomic E-state index is -5.45. The number of aliphatic hydroxyl groups is 4.